The molecule has 0 atom stereocenters. The Kier molecular flexibility index (Phi) is 8.08. The summed E-state index contributed by atoms with van der Waals surface area (Å²) in [5, 5.41) is 0.632. The number of rotatable bonds is 7. The number of imidazole rings is 1. The second-order valence-electron chi connectivity index (χ2n) is 9.34. The first-order chi connectivity index (χ1) is 19.7. The van der Waals surface area contributed by atoms with Crippen LogP contribution in [0.4, 0.5) is 13.2 Å². The van der Waals surface area contributed by atoms with Crippen molar-refractivity contribution < 1.29 is 22.7 Å². The number of alkyl halides is 3. The van der Waals surface area contributed by atoms with Gasteiger partial charge in [0.25, 0.3) is 0 Å². The summed E-state index contributed by atoms with van der Waals surface area (Å²) in [6.07, 6.45) is 1.35. The van der Waals surface area contributed by atoms with Gasteiger partial charge in [-0.2, -0.15) is 13.2 Å². The van der Waals surface area contributed by atoms with Gasteiger partial charge in [-0.25, -0.2) is 9.78 Å². The van der Waals surface area contributed by atoms with Crippen molar-refractivity contribution in [3.05, 3.63) is 136 Å². The first-order valence-electron chi connectivity index (χ1n) is 12.7. The van der Waals surface area contributed by atoms with Crippen molar-refractivity contribution in [2.75, 3.05) is 7.11 Å². The molecule has 0 saturated carbocycles. The van der Waals surface area contributed by atoms with Crippen molar-refractivity contribution >= 4 is 29.7 Å². The lowest BCUT2D eigenvalue weighted by molar-refractivity contribution is -0.137. The SMILES string of the molecule is COC(=O)c1ccc(Cn2cc(-c3ccc(Cl)cc3)nc2C=Cc2ccc(-c3cccc(C(F)(F)F)c3)cc2)cc1. The molecule has 206 valence electrons. The molecule has 4 aromatic carbocycles. The average molecular weight is 573 g/mol. The van der Waals surface area contributed by atoms with Crippen molar-refractivity contribution in [2.45, 2.75) is 12.7 Å². The summed E-state index contributed by atoms with van der Waals surface area (Å²) >= 11 is 6.06. The molecule has 0 aliphatic carbocycles. The Morgan fingerprint density at radius 2 is 1.56 bits per heavy atom. The molecule has 5 rings (SSSR count). The molecule has 1 heterocycles. The number of ether oxygens (including phenoxy) is 1. The Balaban J connectivity index is 1.41. The van der Waals surface area contributed by atoms with E-state index in [4.69, 9.17) is 21.3 Å². The van der Waals surface area contributed by atoms with Gasteiger partial charge in [-0.1, -0.05) is 78.3 Å². The van der Waals surface area contributed by atoms with Gasteiger partial charge in [0.1, 0.15) is 5.82 Å². The molecule has 0 aliphatic rings. The summed E-state index contributed by atoms with van der Waals surface area (Å²) in [6, 6.07) is 27.2. The van der Waals surface area contributed by atoms with Gasteiger partial charge in [-0.3, -0.25) is 0 Å². The van der Waals surface area contributed by atoms with Crippen LogP contribution in [0.5, 0.6) is 0 Å². The van der Waals surface area contributed by atoms with Crippen LogP contribution in [0.25, 0.3) is 34.5 Å². The number of carbonyl (C=O) groups excluding carboxylic acids is 1. The van der Waals surface area contributed by atoms with Crippen molar-refractivity contribution in [3.63, 3.8) is 0 Å². The highest BCUT2D eigenvalue weighted by Crippen LogP contribution is 2.32. The topological polar surface area (TPSA) is 44.1 Å². The maximum Gasteiger partial charge on any atom is 0.416 e. The lowest BCUT2D eigenvalue weighted by Gasteiger charge is -2.09. The molecule has 8 heteroatoms. The Morgan fingerprint density at radius 3 is 2.22 bits per heavy atom. The quantitative estimate of drug-likeness (QED) is 0.183. The molecule has 0 amide bonds. The molecule has 0 N–H and O–H groups in total. The van der Waals surface area contributed by atoms with Gasteiger partial charge in [0.15, 0.2) is 0 Å². The van der Waals surface area contributed by atoms with Gasteiger partial charge >= 0.3 is 12.1 Å². The van der Waals surface area contributed by atoms with Crippen LogP contribution in [0.15, 0.2) is 103 Å². The van der Waals surface area contributed by atoms with E-state index in [9.17, 15) is 18.0 Å². The van der Waals surface area contributed by atoms with Crippen LogP contribution in [0.1, 0.15) is 32.9 Å². The highest BCUT2D eigenvalue weighted by atomic mass is 35.5. The van der Waals surface area contributed by atoms with Crippen LogP contribution in [0.2, 0.25) is 5.02 Å². The smallest absolute Gasteiger partial charge is 0.416 e. The van der Waals surface area contributed by atoms with Crippen LogP contribution in [0.3, 0.4) is 0 Å². The molecular weight excluding hydrogens is 549 g/mol. The number of methoxy groups -OCH3 is 1. The summed E-state index contributed by atoms with van der Waals surface area (Å²) in [5.41, 5.74) is 4.50. The molecule has 41 heavy (non-hydrogen) atoms. The third-order valence-corrected chi connectivity index (χ3v) is 6.79. The van der Waals surface area contributed by atoms with Gasteiger partial charge in [0.2, 0.25) is 0 Å². The third-order valence-electron chi connectivity index (χ3n) is 6.53. The normalized spacial score (nSPS) is 11.6. The highest BCUT2D eigenvalue weighted by molar-refractivity contribution is 6.30. The van der Waals surface area contributed by atoms with Crippen molar-refractivity contribution in [1.82, 2.24) is 9.55 Å². The molecule has 0 fully saturated rings. The minimum absolute atomic E-state index is 0.396. The number of aromatic nitrogens is 2. The van der Waals surface area contributed by atoms with E-state index in [1.165, 1.54) is 13.2 Å². The van der Waals surface area contributed by atoms with Crippen LogP contribution in [-0.4, -0.2) is 22.6 Å². The van der Waals surface area contributed by atoms with Crippen LogP contribution in [-0.2, 0) is 17.5 Å². The molecule has 1 aromatic heterocycles. The van der Waals surface area contributed by atoms with E-state index in [0.29, 0.717) is 34.1 Å². The van der Waals surface area contributed by atoms with E-state index in [2.05, 4.69) is 0 Å². The maximum absolute atomic E-state index is 13.1. The minimum Gasteiger partial charge on any atom is -0.465 e. The summed E-state index contributed by atoms with van der Waals surface area (Å²) in [7, 11) is 1.34. The zero-order valence-electron chi connectivity index (χ0n) is 21.9. The van der Waals surface area contributed by atoms with Crippen molar-refractivity contribution in [3.8, 4) is 22.4 Å². The van der Waals surface area contributed by atoms with Crippen LogP contribution in [0, 0.1) is 0 Å². The number of esters is 1. The molecule has 0 bridgehead atoms. The first kappa shape index (κ1) is 27.9. The number of hydrogen-bond acceptors (Lipinski definition) is 3. The molecule has 0 aliphatic heterocycles. The lowest BCUT2D eigenvalue weighted by atomic mass is 10.0. The van der Waals surface area contributed by atoms with Gasteiger partial charge < -0.3 is 9.30 Å². The number of nitrogens with zero attached hydrogens (tertiary/aromatic N) is 2. The Morgan fingerprint density at radius 1 is 0.878 bits per heavy atom. The molecule has 0 spiro atoms. The predicted molar refractivity (Wildman–Crippen MR) is 155 cm³/mol. The third kappa shape index (κ3) is 6.76. The van der Waals surface area contributed by atoms with Crippen LogP contribution >= 0.6 is 11.6 Å². The van der Waals surface area contributed by atoms with E-state index in [-0.39, 0.29) is 0 Å². The fourth-order valence-corrected chi connectivity index (χ4v) is 4.47. The predicted octanol–water partition coefficient (Wildman–Crippen LogP) is 8.89. The summed E-state index contributed by atoms with van der Waals surface area (Å²) in [4.78, 5) is 16.6. The van der Waals surface area contributed by atoms with E-state index < -0.39 is 17.7 Å². The molecule has 5 aromatic rings. The molecular formula is C33H24ClF3N2O2. The molecule has 4 nitrogen and oxygen atoms in total. The molecule has 0 radical (unpaired) electrons. The second-order valence-corrected chi connectivity index (χ2v) is 9.78. The molecule has 0 saturated heterocycles. The fraction of sp³-hybridized carbons (Fsp3) is 0.0909. The zero-order chi connectivity index (χ0) is 29.0. The van der Waals surface area contributed by atoms with E-state index in [1.807, 2.05) is 71.4 Å². The summed E-state index contributed by atoms with van der Waals surface area (Å²) in [6.45, 7) is 0.510. The van der Waals surface area contributed by atoms with Crippen LogP contribution < -0.4 is 0 Å². The van der Waals surface area contributed by atoms with Crippen molar-refractivity contribution in [2.24, 2.45) is 0 Å². The molecule has 0 unspecified atom stereocenters. The number of halogens is 4. The lowest BCUT2D eigenvalue weighted by Crippen LogP contribution is -2.04. The van der Waals surface area contributed by atoms with Gasteiger partial charge in [-0.05, 0) is 64.7 Å². The Labute approximate surface area is 240 Å². The average Bonchev–Trinajstić information content (AvgIpc) is 3.38. The van der Waals surface area contributed by atoms with Gasteiger partial charge in [0.05, 0.1) is 23.9 Å². The fourth-order valence-electron chi connectivity index (χ4n) is 4.34. The number of benzene rings is 4. The van der Waals surface area contributed by atoms with Gasteiger partial charge in [-0.15, -0.1) is 0 Å². The number of hydrogen-bond donors (Lipinski definition) is 0. The maximum atomic E-state index is 13.1. The van der Waals surface area contributed by atoms with E-state index in [1.54, 1.807) is 30.3 Å². The largest absolute Gasteiger partial charge is 0.465 e. The standard InChI is InChI=1S/C33H24ClF3N2O2/c1-41-32(40)26-12-7-23(8-13-26)20-39-21-30(25-14-16-29(34)17-15-25)38-31(39)18-9-22-5-10-24(11-6-22)27-3-2-4-28(19-27)33(35,36)37/h2-19,21H,20H2,1H3. The highest BCUT2D eigenvalue weighted by Gasteiger charge is 2.30. The van der Waals surface area contributed by atoms with Gasteiger partial charge in [0, 0.05) is 23.3 Å². The number of carbonyl (C=O) groups is 1. The zero-order valence-corrected chi connectivity index (χ0v) is 22.7. The second kappa shape index (κ2) is 11.9. The summed E-state index contributed by atoms with van der Waals surface area (Å²) < 4.78 is 46.2. The Bertz CT molecular complexity index is 1690. The minimum atomic E-state index is -4.39. The van der Waals surface area contributed by atoms with E-state index >= 15 is 0 Å². The van der Waals surface area contributed by atoms with Crippen molar-refractivity contribution in [1.29, 1.82) is 0 Å². The monoisotopic (exact) mass is 572 g/mol. The summed E-state index contributed by atoms with van der Waals surface area (Å²) in [5.74, 6) is 0.306. The van der Waals surface area contributed by atoms with E-state index in [0.717, 1.165) is 34.5 Å². The Hall–Kier alpha value is -4.62. The first-order valence-corrected chi connectivity index (χ1v) is 13.0.